The maximum atomic E-state index is 11.5. The molecule has 6 nitrogen and oxygen atoms in total. The van der Waals surface area contributed by atoms with Crippen molar-refractivity contribution in [3.63, 3.8) is 0 Å². The minimum Gasteiger partial charge on any atom is -0.325 e. The number of benzene rings is 1. The second-order valence-electron chi connectivity index (χ2n) is 3.90. The minimum atomic E-state index is -0.0826. The molecule has 0 spiro atoms. The third kappa shape index (κ3) is 2.92. The molecular formula is C12H15N5O. The normalized spacial score (nSPS) is 10.3. The van der Waals surface area contributed by atoms with Gasteiger partial charge in [-0.15, -0.1) is 0 Å². The number of hydrogen-bond acceptors (Lipinski definition) is 4. The second kappa shape index (κ2) is 5.42. The molecule has 0 bridgehead atoms. The summed E-state index contributed by atoms with van der Waals surface area (Å²) < 4.78 is 0. The van der Waals surface area contributed by atoms with Gasteiger partial charge in [-0.1, -0.05) is 12.1 Å². The van der Waals surface area contributed by atoms with Crippen molar-refractivity contribution in [2.24, 2.45) is 0 Å². The molecule has 6 heteroatoms. The molecule has 0 saturated heterocycles. The highest BCUT2D eigenvalue weighted by atomic mass is 16.1. The zero-order valence-electron chi connectivity index (χ0n) is 10.3. The van der Waals surface area contributed by atoms with Gasteiger partial charge in [0, 0.05) is 11.3 Å². The van der Waals surface area contributed by atoms with Gasteiger partial charge in [0.2, 0.25) is 5.91 Å². The lowest BCUT2D eigenvalue weighted by atomic mass is 10.2. The van der Waals surface area contributed by atoms with Gasteiger partial charge in [-0.2, -0.15) is 5.10 Å². The Labute approximate surface area is 105 Å². The highest BCUT2D eigenvalue weighted by molar-refractivity contribution is 5.92. The molecule has 3 N–H and O–H groups in total. The van der Waals surface area contributed by atoms with E-state index in [1.807, 2.05) is 31.2 Å². The maximum absolute atomic E-state index is 11.5. The van der Waals surface area contributed by atoms with E-state index in [0.717, 1.165) is 17.1 Å². The van der Waals surface area contributed by atoms with Crippen LogP contribution in [0.25, 0.3) is 11.4 Å². The summed E-state index contributed by atoms with van der Waals surface area (Å²) in [5, 5.41) is 12.5. The average Bonchev–Trinajstić information content (AvgIpc) is 2.76. The number of H-pyrrole nitrogens is 1. The molecule has 1 aromatic carbocycles. The van der Waals surface area contributed by atoms with Crippen molar-refractivity contribution >= 4 is 11.6 Å². The van der Waals surface area contributed by atoms with E-state index in [2.05, 4.69) is 25.8 Å². The SMILES string of the molecule is CNCC(=O)Nc1cccc(-c2n[nH]c(C)n2)c1. The number of amides is 1. The lowest BCUT2D eigenvalue weighted by Gasteiger charge is -2.05. The summed E-state index contributed by atoms with van der Waals surface area (Å²) >= 11 is 0. The van der Waals surface area contributed by atoms with Crippen LogP contribution in [0.5, 0.6) is 0 Å². The van der Waals surface area contributed by atoms with Gasteiger partial charge < -0.3 is 10.6 Å². The van der Waals surface area contributed by atoms with Crippen LogP contribution in [-0.2, 0) is 4.79 Å². The number of nitrogens with one attached hydrogen (secondary N) is 3. The Morgan fingerprint density at radius 1 is 1.44 bits per heavy atom. The van der Waals surface area contributed by atoms with Gasteiger partial charge in [0.15, 0.2) is 5.82 Å². The van der Waals surface area contributed by atoms with Gasteiger partial charge in [-0.05, 0) is 26.1 Å². The number of rotatable bonds is 4. The van der Waals surface area contributed by atoms with E-state index in [4.69, 9.17) is 0 Å². The highest BCUT2D eigenvalue weighted by Gasteiger charge is 2.06. The lowest BCUT2D eigenvalue weighted by Crippen LogP contribution is -2.24. The number of nitrogens with zero attached hydrogens (tertiary/aromatic N) is 2. The van der Waals surface area contributed by atoms with Gasteiger partial charge in [0.25, 0.3) is 0 Å². The number of anilines is 1. The van der Waals surface area contributed by atoms with E-state index < -0.39 is 0 Å². The van der Waals surface area contributed by atoms with E-state index in [-0.39, 0.29) is 12.5 Å². The second-order valence-corrected chi connectivity index (χ2v) is 3.90. The molecule has 0 atom stereocenters. The smallest absolute Gasteiger partial charge is 0.238 e. The number of likely N-dealkylation sites (N-methyl/N-ethyl adjacent to an activating group) is 1. The van der Waals surface area contributed by atoms with Gasteiger partial charge in [0.05, 0.1) is 6.54 Å². The van der Waals surface area contributed by atoms with Crippen LogP contribution in [0.15, 0.2) is 24.3 Å². The summed E-state index contributed by atoms with van der Waals surface area (Å²) in [5.74, 6) is 1.30. The molecule has 94 valence electrons. The third-order valence-corrected chi connectivity index (χ3v) is 2.34. The van der Waals surface area contributed by atoms with E-state index in [0.29, 0.717) is 5.82 Å². The summed E-state index contributed by atoms with van der Waals surface area (Å²) in [4.78, 5) is 15.7. The minimum absolute atomic E-state index is 0.0826. The highest BCUT2D eigenvalue weighted by Crippen LogP contribution is 2.19. The fourth-order valence-corrected chi connectivity index (χ4v) is 1.57. The Morgan fingerprint density at radius 3 is 2.94 bits per heavy atom. The number of aromatic amines is 1. The van der Waals surface area contributed by atoms with Gasteiger partial charge >= 0.3 is 0 Å². The first-order valence-corrected chi connectivity index (χ1v) is 5.63. The van der Waals surface area contributed by atoms with Crippen LogP contribution in [0.3, 0.4) is 0 Å². The van der Waals surface area contributed by atoms with Crippen LogP contribution in [-0.4, -0.2) is 34.7 Å². The summed E-state index contributed by atoms with van der Waals surface area (Å²) in [7, 11) is 1.73. The Morgan fingerprint density at radius 2 is 2.28 bits per heavy atom. The van der Waals surface area contributed by atoms with E-state index in [9.17, 15) is 4.79 Å². The standard InChI is InChI=1S/C12H15N5O/c1-8-14-12(17-16-8)9-4-3-5-10(6-9)15-11(18)7-13-2/h3-6,13H,7H2,1-2H3,(H,15,18)(H,14,16,17). The first kappa shape index (κ1) is 12.3. The largest absolute Gasteiger partial charge is 0.325 e. The molecular weight excluding hydrogens is 230 g/mol. The zero-order chi connectivity index (χ0) is 13.0. The van der Waals surface area contributed by atoms with Crippen LogP contribution < -0.4 is 10.6 Å². The summed E-state index contributed by atoms with van der Waals surface area (Å²) in [6, 6.07) is 7.43. The lowest BCUT2D eigenvalue weighted by molar-refractivity contribution is -0.115. The molecule has 0 radical (unpaired) electrons. The molecule has 18 heavy (non-hydrogen) atoms. The molecule has 0 unspecified atom stereocenters. The van der Waals surface area contributed by atoms with Gasteiger partial charge in [-0.3, -0.25) is 9.89 Å². The average molecular weight is 245 g/mol. The fraction of sp³-hybridized carbons (Fsp3) is 0.250. The molecule has 0 saturated carbocycles. The molecule has 2 aromatic rings. The van der Waals surface area contributed by atoms with Crippen LogP contribution in [0.1, 0.15) is 5.82 Å². The topological polar surface area (TPSA) is 82.7 Å². The van der Waals surface area contributed by atoms with Gasteiger partial charge in [-0.25, -0.2) is 4.98 Å². The van der Waals surface area contributed by atoms with Crippen molar-refractivity contribution in [2.75, 3.05) is 18.9 Å². The van der Waals surface area contributed by atoms with Crippen LogP contribution in [0.2, 0.25) is 0 Å². The molecule has 0 fully saturated rings. The Hall–Kier alpha value is -2.21. The number of hydrogen-bond donors (Lipinski definition) is 3. The van der Waals surface area contributed by atoms with Crippen LogP contribution >= 0.6 is 0 Å². The molecule has 0 aliphatic carbocycles. The van der Waals surface area contributed by atoms with Crippen molar-refractivity contribution in [3.8, 4) is 11.4 Å². The summed E-state index contributed by atoms with van der Waals surface area (Å²) in [6.07, 6.45) is 0. The quantitative estimate of drug-likeness (QED) is 0.748. The fourth-order valence-electron chi connectivity index (χ4n) is 1.57. The van der Waals surface area contributed by atoms with Crippen LogP contribution in [0.4, 0.5) is 5.69 Å². The van der Waals surface area contributed by atoms with Crippen molar-refractivity contribution in [2.45, 2.75) is 6.92 Å². The Kier molecular flexibility index (Phi) is 3.69. The predicted octanol–water partition coefficient (Wildman–Crippen LogP) is 0.938. The van der Waals surface area contributed by atoms with Crippen molar-refractivity contribution < 1.29 is 4.79 Å². The number of aromatic nitrogens is 3. The van der Waals surface area contributed by atoms with E-state index in [1.54, 1.807) is 7.05 Å². The zero-order valence-corrected chi connectivity index (χ0v) is 10.3. The Bertz CT molecular complexity index is 549. The first-order valence-electron chi connectivity index (χ1n) is 5.63. The maximum Gasteiger partial charge on any atom is 0.238 e. The van der Waals surface area contributed by atoms with E-state index in [1.165, 1.54) is 0 Å². The molecule has 0 aliphatic rings. The summed E-state index contributed by atoms with van der Waals surface area (Å²) in [5.41, 5.74) is 1.59. The molecule has 1 aromatic heterocycles. The molecule has 2 rings (SSSR count). The molecule has 1 amide bonds. The van der Waals surface area contributed by atoms with Crippen molar-refractivity contribution in [1.82, 2.24) is 20.5 Å². The molecule has 1 heterocycles. The third-order valence-electron chi connectivity index (χ3n) is 2.34. The molecule has 0 aliphatic heterocycles. The number of carbonyl (C=O) groups is 1. The van der Waals surface area contributed by atoms with Crippen LogP contribution in [0, 0.1) is 6.92 Å². The van der Waals surface area contributed by atoms with E-state index >= 15 is 0 Å². The number of aryl methyl sites for hydroxylation is 1. The predicted molar refractivity (Wildman–Crippen MR) is 69.1 cm³/mol. The monoisotopic (exact) mass is 245 g/mol. The first-order chi connectivity index (χ1) is 8.69. The Balaban J connectivity index is 2.17. The van der Waals surface area contributed by atoms with Gasteiger partial charge in [0.1, 0.15) is 5.82 Å². The van der Waals surface area contributed by atoms with Crippen molar-refractivity contribution in [1.29, 1.82) is 0 Å². The number of carbonyl (C=O) groups excluding carboxylic acids is 1. The van der Waals surface area contributed by atoms with Crippen molar-refractivity contribution in [3.05, 3.63) is 30.1 Å². The summed E-state index contributed by atoms with van der Waals surface area (Å²) in [6.45, 7) is 2.12.